The summed E-state index contributed by atoms with van der Waals surface area (Å²) in [6, 6.07) is 20.1. The Hall–Kier alpha value is -2.39. The first-order chi connectivity index (χ1) is 10.3. The molecule has 0 atom stereocenters. The van der Waals surface area contributed by atoms with Crippen molar-refractivity contribution in [1.82, 2.24) is 4.57 Å². The number of benzene rings is 2. The van der Waals surface area contributed by atoms with Gasteiger partial charge in [-0.1, -0.05) is 48.5 Å². The summed E-state index contributed by atoms with van der Waals surface area (Å²) in [5, 5.41) is 1.06. The van der Waals surface area contributed by atoms with Crippen LogP contribution in [0.1, 0.15) is 11.1 Å². The van der Waals surface area contributed by atoms with Gasteiger partial charge in [0.1, 0.15) is 0 Å². The van der Waals surface area contributed by atoms with Gasteiger partial charge in [0.25, 0.3) is 5.56 Å². The van der Waals surface area contributed by atoms with Gasteiger partial charge in [-0.3, -0.25) is 4.79 Å². The van der Waals surface area contributed by atoms with Crippen molar-refractivity contribution in [2.24, 2.45) is 5.73 Å². The Morgan fingerprint density at radius 1 is 0.952 bits per heavy atom. The predicted octanol–water partition coefficient (Wildman–Crippen LogP) is 2.70. The van der Waals surface area contributed by atoms with Crippen molar-refractivity contribution < 1.29 is 0 Å². The number of nitrogens with zero attached hydrogens (tertiary/aromatic N) is 1. The van der Waals surface area contributed by atoms with Gasteiger partial charge in [0, 0.05) is 18.7 Å². The lowest BCUT2D eigenvalue weighted by molar-refractivity contribution is 0.687. The van der Waals surface area contributed by atoms with Gasteiger partial charge < -0.3 is 10.3 Å². The SMILES string of the molecule is NCc1cc2ccccc2n(CCc2ccccc2)c1=O. The van der Waals surface area contributed by atoms with Crippen LogP contribution in [0.5, 0.6) is 0 Å². The normalized spacial score (nSPS) is 10.9. The van der Waals surface area contributed by atoms with Gasteiger partial charge in [0.05, 0.1) is 5.52 Å². The van der Waals surface area contributed by atoms with Crippen molar-refractivity contribution in [3.05, 3.63) is 82.1 Å². The fourth-order valence-corrected chi connectivity index (χ4v) is 2.64. The molecular weight excluding hydrogens is 260 g/mol. The highest BCUT2D eigenvalue weighted by atomic mass is 16.1. The summed E-state index contributed by atoms with van der Waals surface area (Å²) >= 11 is 0. The maximum absolute atomic E-state index is 12.5. The molecule has 3 heteroatoms. The number of para-hydroxylation sites is 1. The van der Waals surface area contributed by atoms with Gasteiger partial charge in [-0.25, -0.2) is 0 Å². The molecule has 0 aliphatic carbocycles. The third-order valence-corrected chi connectivity index (χ3v) is 3.76. The van der Waals surface area contributed by atoms with Gasteiger partial charge in [-0.15, -0.1) is 0 Å². The summed E-state index contributed by atoms with van der Waals surface area (Å²) < 4.78 is 1.84. The minimum atomic E-state index is 0.0205. The van der Waals surface area contributed by atoms with Crippen molar-refractivity contribution in [1.29, 1.82) is 0 Å². The molecule has 3 nitrogen and oxygen atoms in total. The monoisotopic (exact) mass is 278 g/mol. The molecule has 0 fully saturated rings. The second-order valence-corrected chi connectivity index (χ2v) is 5.12. The van der Waals surface area contributed by atoms with Crippen molar-refractivity contribution in [3.8, 4) is 0 Å². The molecule has 0 saturated carbocycles. The van der Waals surface area contributed by atoms with Crippen LogP contribution in [0, 0.1) is 0 Å². The Labute approximate surface area is 123 Å². The van der Waals surface area contributed by atoms with E-state index < -0.39 is 0 Å². The molecule has 0 saturated heterocycles. The predicted molar refractivity (Wildman–Crippen MR) is 86.2 cm³/mol. The molecule has 0 aliphatic heterocycles. The van der Waals surface area contributed by atoms with E-state index in [1.807, 2.05) is 53.1 Å². The average Bonchev–Trinajstić information content (AvgIpc) is 2.54. The van der Waals surface area contributed by atoms with Crippen molar-refractivity contribution >= 4 is 10.9 Å². The van der Waals surface area contributed by atoms with E-state index in [2.05, 4.69) is 12.1 Å². The molecule has 0 radical (unpaired) electrons. The Balaban J connectivity index is 2.04. The van der Waals surface area contributed by atoms with E-state index in [-0.39, 0.29) is 12.1 Å². The van der Waals surface area contributed by atoms with Crippen molar-refractivity contribution in [2.45, 2.75) is 19.5 Å². The smallest absolute Gasteiger partial charge is 0.255 e. The minimum absolute atomic E-state index is 0.0205. The van der Waals surface area contributed by atoms with Crippen LogP contribution < -0.4 is 11.3 Å². The highest BCUT2D eigenvalue weighted by Crippen LogP contribution is 2.14. The highest BCUT2D eigenvalue weighted by Gasteiger charge is 2.08. The standard InChI is InChI=1S/C18H18N2O/c19-13-16-12-15-8-4-5-9-17(15)20(18(16)21)11-10-14-6-2-1-3-7-14/h1-9,12H,10-11,13,19H2. The van der Waals surface area contributed by atoms with E-state index in [1.165, 1.54) is 5.56 Å². The average molecular weight is 278 g/mol. The van der Waals surface area contributed by atoms with Crippen LogP contribution in [-0.2, 0) is 19.5 Å². The van der Waals surface area contributed by atoms with Crippen LogP contribution in [0.3, 0.4) is 0 Å². The van der Waals surface area contributed by atoms with E-state index in [1.54, 1.807) is 0 Å². The van der Waals surface area contributed by atoms with Gasteiger partial charge in [-0.05, 0) is 29.5 Å². The molecular formula is C18H18N2O. The summed E-state index contributed by atoms with van der Waals surface area (Å²) in [7, 11) is 0. The minimum Gasteiger partial charge on any atom is -0.326 e. The summed E-state index contributed by atoms with van der Waals surface area (Å²) in [6.07, 6.45) is 0.832. The molecule has 0 amide bonds. The molecule has 2 aromatic carbocycles. The Morgan fingerprint density at radius 3 is 2.43 bits per heavy atom. The molecule has 0 bridgehead atoms. The summed E-state index contributed by atoms with van der Waals surface area (Å²) in [6.45, 7) is 0.937. The zero-order valence-corrected chi connectivity index (χ0v) is 11.8. The van der Waals surface area contributed by atoms with Gasteiger partial charge in [-0.2, -0.15) is 0 Å². The second kappa shape index (κ2) is 5.94. The van der Waals surface area contributed by atoms with Crippen LogP contribution in [0.15, 0.2) is 65.5 Å². The molecule has 1 aromatic heterocycles. The molecule has 0 aliphatic rings. The molecule has 106 valence electrons. The van der Waals surface area contributed by atoms with E-state index in [0.29, 0.717) is 12.1 Å². The number of rotatable bonds is 4. The van der Waals surface area contributed by atoms with E-state index in [0.717, 1.165) is 17.3 Å². The zero-order valence-electron chi connectivity index (χ0n) is 11.8. The van der Waals surface area contributed by atoms with Crippen molar-refractivity contribution in [3.63, 3.8) is 0 Å². The summed E-state index contributed by atoms with van der Waals surface area (Å²) in [5.41, 5.74) is 8.59. The van der Waals surface area contributed by atoms with Crippen LogP contribution in [-0.4, -0.2) is 4.57 Å². The van der Waals surface area contributed by atoms with Crippen LogP contribution in [0.4, 0.5) is 0 Å². The number of aryl methyl sites for hydroxylation is 2. The molecule has 3 rings (SSSR count). The molecule has 1 heterocycles. The van der Waals surface area contributed by atoms with Crippen LogP contribution in [0.2, 0.25) is 0 Å². The zero-order chi connectivity index (χ0) is 14.7. The van der Waals surface area contributed by atoms with Gasteiger partial charge in [0.15, 0.2) is 0 Å². The van der Waals surface area contributed by atoms with Crippen molar-refractivity contribution in [2.75, 3.05) is 0 Å². The lowest BCUT2D eigenvalue weighted by Gasteiger charge is -2.12. The van der Waals surface area contributed by atoms with Gasteiger partial charge in [0.2, 0.25) is 0 Å². The fourth-order valence-electron chi connectivity index (χ4n) is 2.64. The third kappa shape index (κ3) is 2.73. The Kier molecular flexibility index (Phi) is 3.84. The third-order valence-electron chi connectivity index (χ3n) is 3.76. The molecule has 2 N–H and O–H groups in total. The topological polar surface area (TPSA) is 48.0 Å². The number of fused-ring (bicyclic) bond motifs is 1. The van der Waals surface area contributed by atoms with E-state index in [9.17, 15) is 4.79 Å². The number of pyridine rings is 1. The Morgan fingerprint density at radius 2 is 1.67 bits per heavy atom. The largest absolute Gasteiger partial charge is 0.326 e. The highest BCUT2D eigenvalue weighted by molar-refractivity contribution is 5.79. The van der Waals surface area contributed by atoms with E-state index in [4.69, 9.17) is 5.73 Å². The number of aromatic nitrogens is 1. The Bertz CT molecular complexity index is 806. The fraction of sp³-hybridized carbons (Fsp3) is 0.167. The molecule has 3 aromatic rings. The second-order valence-electron chi connectivity index (χ2n) is 5.12. The molecule has 0 spiro atoms. The molecule has 21 heavy (non-hydrogen) atoms. The van der Waals surface area contributed by atoms with Crippen LogP contribution in [0.25, 0.3) is 10.9 Å². The lowest BCUT2D eigenvalue weighted by Crippen LogP contribution is -2.26. The maximum atomic E-state index is 12.5. The first kappa shape index (κ1) is 13.6. The van der Waals surface area contributed by atoms with E-state index >= 15 is 0 Å². The first-order valence-corrected chi connectivity index (χ1v) is 7.15. The number of nitrogens with two attached hydrogens (primary N) is 1. The number of hydrogen-bond acceptors (Lipinski definition) is 2. The lowest BCUT2D eigenvalue weighted by atomic mass is 10.1. The van der Waals surface area contributed by atoms with Gasteiger partial charge >= 0.3 is 0 Å². The number of hydrogen-bond donors (Lipinski definition) is 1. The summed E-state index contributed by atoms with van der Waals surface area (Å²) in [4.78, 5) is 12.5. The van der Waals surface area contributed by atoms with Crippen LogP contribution >= 0.6 is 0 Å². The molecule has 0 unspecified atom stereocenters. The maximum Gasteiger partial charge on any atom is 0.255 e. The summed E-state index contributed by atoms with van der Waals surface area (Å²) in [5.74, 6) is 0. The quantitative estimate of drug-likeness (QED) is 0.797. The first-order valence-electron chi connectivity index (χ1n) is 7.15.